The van der Waals surface area contributed by atoms with Crippen LogP contribution in [0.3, 0.4) is 0 Å². The van der Waals surface area contributed by atoms with Crippen molar-refractivity contribution < 1.29 is 29.7 Å². The second-order valence-electron chi connectivity index (χ2n) is 5.97. The number of rotatable bonds is 4. The minimum absolute atomic E-state index is 0.0836. The fourth-order valence-corrected chi connectivity index (χ4v) is 3.27. The highest BCUT2D eigenvalue weighted by Gasteiger charge is 2.37. The second kappa shape index (κ2) is 5.96. The van der Waals surface area contributed by atoms with Crippen molar-refractivity contribution in [2.75, 3.05) is 0 Å². The standard InChI is InChI=1S/C18H16O6/c19-12-8-9(4-3-7-13(20)21)16(22)15-14(12)17(23)10-5-1-2-6-11(10)18(15)24/h1-2,5-6,9,23-24H,3-4,7-8H2,(H,20,21). The maximum absolute atomic E-state index is 12.7. The molecular formula is C18H16O6. The van der Waals surface area contributed by atoms with E-state index in [1.54, 1.807) is 24.3 Å². The lowest BCUT2D eigenvalue weighted by Crippen LogP contribution is -2.27. The van der Waals surface area contributed by atoms with Crippen LogP contribution in [-0.4, -0.2) is 32.9 Å². The molecule has 6 heteroatoms. The fraction of sp³-hybridized carbons (Fsp3) is 0.278. The van der Waals surface area contributed by atoms with Gasteiger partial charge >= 0.3 is 5.97 Å². The predicted octanol–water partition coefficient (Wildman–Crippen LogP) is 2.89. The lowest BCUT2D eigenvalue weighted by Gasteiger charge is -2.24. The van der Waals surface area contributed by atoms with Gasteiger partial charge in [-0.15, -0.1) is 0 Å². The molecule has 1 atom stereocenters. The van der Waals surface area contributed by atoms with Gasteiger partial charge in [0.25, 0.3) is 0 Å². The monoisotopic (exact) mass is 328 g/mol. The summed E-state index contributed by atoms with van der Waals surface area (Å²) >= 11 is 0. The summed E-state index contributed by atoms with van der Waals surface area (Å²) in [4.78, 5) is 35.7. The van der Waals surface area contributed by atoms with Gasteiger partial charge < -0.3 is 15.3 Å². The van der Waals surface area contributed by atoms with Crippen molar-refractivity contribution in [3.8, 4) is 11.5 Å². The maximum atomic E-state index is 12.7. The van der Waals surface area contributed by atoms with E-state index < -0.39 is 23.5 Å². The summed E-state index contributed by atoms with van der Waals surface area (Å²) in [5, 5.41) is 30.2. The lowest BCUT2D eigenvalue weighted by molar-refractivity contribution is -0.137. The molecule has 2 aromatic rings. The number of Topliss-reactive ketones (excluding diaryl/α,β-unsaturated/α-hetero) is 2. The molecule has 0 amide bonds. The van der Waals surface area contributed by atoms with E-state index in [2.05, 4.69) is 0 Å². The molecule has 2 aromatic carbocycles. The molecule has 124 valence electrons. The topological polar surface area (TPSA) is 112 Å². The highest BCUT2D eigenvalue weighted by atomic mass is 16.4. The van der Waals surface area contributed by atoms with Crippen LogP contribution >= 0.6 is 0 Å². The van der Waals surface area contributed by atoms with Crippen LogP contribution in [-0.2, 0) is 4.79 Å². The normalized spacial score (nSPS) is 17.1. The molecule has 0 spiro atoms. The third-order valence-electron chi connectivity index (χ3n) is 4.43. The van der Waals surface area contributed by atoms with Gasteiger partial charge in [0.15, 0.2) is 11.6 Å². The molecule has 0 aromatic heterocycles. The van der Waals surface area contributed by atoms with E-state index in [1.807, 2.05) is 0 Å². The molecule has 0 heterocycles. The largest absolute Gasteiger partial charge is 0.507 e. The van der Waals surface area contributed by atoms with Crippen molar-refractivity contribution in [1.29, 1.82) is 0 Å². The van der Waals surface area contributed by atoms with Crippen molar-refractivity contribution in [3.63, 3.8) is 0 Å². The molecule has 1 aliphatic rings. The van der Waals surface area contributed by atoms with Crippen LogP contribution in [0.25, 0.3) is 10.8 Å². The number of carboxylic acids is 1. The highest BCUT2D eigenvalue weighted by Crippen LogP contribution is 2.44. The average molecular weight is 328 g/mol. The summed E-state index contributed by atoms with van der Waals surface area (Å²) < 4.78 is 0. The van der Waals surface area contributed by atoms with Gasteiger partial charge in [-0.3, -0.25) is 14.4 Å². The van der Waals surface area contributed by atoms with Crippen LogP contribution < -0.4 is 0 Å². The zero-order valence-corrected chi connectivity index (χ0v) is 12.8. The summed E-state index contributed by atoms with van der Waals surface area (Å²) in [6.07, 6.45) is 0.356. The molecule has 0 saturated heterocycles. The molecule has 1 aliphatic carbocycles. The van der Waals surface area contributed by atoms with Gasteiger partial charge in [-0.05, 0) is 12.8 Å². The Kier molecular flexibility index (Phi) is 3.97. The first kappa shape index (κ1) is 16.0. The molecule has 6 nitrogen and oxygen atoms in total. The smallest absolute Gasteiger partial charge is 0.303 e. The SMILES string of the molecule is O=C(O)CCCC1CC(=O)c2c(c(O)c3ccccc3c2O)C1=O. The van der Waals surface area contributed by atoms with E-state index in [0.29, 0.717) is 10.8 Å². The van der Waals surface area contributed by atoms with E-state index in [9.17, 15) is 24.6 Å². The second-order valence-corrected chi connectivity index (χ2v) is 5.97. The number of fused-ring (bicyclic) bond motifs is 2. The Bertz CT molecular complexity index is 867. The van der Waals surface area contributed by atoms with Crippen molar-refractivity contribution in [2.45, 2.75) is 25.7 Å². The summed E-state index contributed by atoms with van der Waals surface area (Å²) in [6, 6.07) is 6.46. The van der Waals surface area contributed by atoms with E-state index in [4.69, 9.17) is 5.11 Å². The molecule has 0 radical (unpaired) electrons. The van der Waals surface area contributed by atoms with Gasteiger partial charge in [-0.25, -0.2) is 0 Å². The Balaban J connectivity index is 2.07. The van der Waals surface area contributed by atoms with Gasteiger partial charge in [0.1, 0.15) is 11.5 Å². The minimum atomic E-state index is -0.962. The molecule has 3 N–H and O–H groups in total. The van der Waals surface area contributed by atoms with Crippen molar-refractivity contribution in [1.82, 2.24) is 0 Å². The zero-order chi connectivity index (χ0) is 17.4. The van der Waals surface area contributed by atoms with E-state index in [0.717, 1.165) is 0 Å². The first-order valence-corrected chi connectivity index (χ1v) is 7.67. The molecule has 24 heavy (non-hydrogen) atoms. The zero-order valence-electron chi connectivity index (χ0n) is 12.8. The van der Waals surface area contributed by atoms with Crippen molar-refractivity contribution in [3.05, 3.63) is 35.4 Å². The summed E-state index contributed by atoms with van der Waals surface area (Å²) in [5.74, 6) is -3.07. The van der Waals surface area contributed by atoms with Crippen LogP contribution in [0.2, 0.25) is 0 Å². The van der Waals surface area contributed by atoms with E-state index >= 15 is 0 Å². The van der Waals surface area contributed by atoms with Gasteiger partial charge in [0.2, 0.25) is 0 Å². The van der Waals surface area contributed by atoms with Crippen LogP contribution in [0.1, 0.15) is 46.4 Å². The molecule has 0 fully saturated rings. The number of hydrogen-bond acceptors (Lipinski definition) is 5. The number of carbonyl (C=O) groups is 3. The van der Waals surface area contributed by atoms with Crippen molar-refractivity contribution in [2.24, 2.45) is 5.92 Å². The van der Waals surface area contributed by atoms with Gasteiger partial charge in [-0.1, -0.05) is 24.3 Å². The number of hydrogen-bond donors (Lipinski definition) is 3. The van der Waals surface area contributed by atoms with Crippen molar-refractivity contribution >= 4 is 28.3 Å². The number of ketones is 2. The lowest BCUT2D eigenvalue weighted by atomic mass is 9.77. The van der Waals surface area contributed by atoms with Gasteiger partial charge in [-0.2, -0.15) is 0 Å². The highest BCUT2D eigenvalue weighted by molar-refractivity contribution is 6.21. The number of aliphatic carboxylic acids is 1. The summed E-state index contributed by atoms with van der Waals surface area (Å²) in [5.41, 5.74) is -0.284. The van der Waals surface area contributed by atoms with Gasteiger partial charge in [0, 0.05) is 29.5 Å². The Morgan fingerprint density at radius 3 is 2.21 bits per heavy atom. The number of phenolic OH excluding ortho intramolecular Hbond substituents is 2. The predicted molar refractivity (Wildman–Crippen MR) is 85.5 cm³/mol. The molecule has 1 unspecified atom stereocenters. The summed E-state index contributed by atoms with van der Waals surface area (Å²) in [6.45, 7) is 0. The third kappa shape index (κ3) is 2.50. The molecule has 0 aliphatic heterocycles. The van der Waals surface area contributed by atoms with Gasteiger partial charge in [0.05, 0.1) is 11.1 Å². The molecular weight excluding hydrogens is 312 g/mol. The quantitative estimate of drug-likeness (QED) is 0.744. The molecule has 0 bridgehead atoms. The first-order valence-electron chi connectivity index (χ1n) is 7.67. The Morgan fingerprint density at radius 2 is 1.62 bits per heavy atom. The number of phenols is 2. The van der Waals surface area contributed by atoms with Crippen LogP contribution in [0.4, 0.5) is 0 Å². The van der Waals surface area contributed by atoms with Crippen LogP contribution in [0.5, 0.6) is 11.5 Å². The number of benzene rings is 2. The molecule has 0 saturated carbocycles. The van der Waals surface area contributed by atoms with E-state index in [-0.39, 0.29) is 48.3 Å². The summed E-state index contributed by atoms with van der Waals surface area (Å²) in [7, 11) is 0. The Labute approximate surface area is 137 Å². The maximum Gasteiger partial charge on any atom is 0.303 e. The number of carboxylic acid groups (broad SMARTS) is 1. The Hall–Kier alpha value is -2.89. The minimum Gasteiger partial charge on any atom is -0.507 e. The Morgan fingerprint density at radius 1 is 1.04 bits per heavy atom. The molecule has 3 rings (SSSR count). The third-order valence-corrected chi connectivity index (χ3v) is 4.43. The fourth-order valence-electron chi connectivity index (χ4n) is 3.27. The number of carbonyl (C=O) groups excluding carboxylic acids is 2. The average Bonchev–Trinajstić information content (AvgIpc) is 2.55. The first-order chi connectivity index (χ1) is 11.4. The van der Waals surface area contributed by atoms with E-state index in [1.165, 1.54) is 0 Å². The van der Waals surface area contributed by atoms with Crippen LogP contribution in [0, 0.1) is 5.92 Å². The van der Waals surface area contributed by atoms with Crippen LogP contribution in [0.15, 0.2) is 24.3 Å². The number of aromatic hydroxyl groups is 2.